The van der Waals surface area contributed by atoms with Crippen LogP contribution in [0.5, 0.6) is 0 Å². The van der Waals surface area contributed by atoms with E-state index in [0.717, 1.165) is 10.6 Å². The Bertz CT molecular complexity index is 542. The van der Waals surface area contributed by atoms with Gasteiger partial charge in [-0.3, -0.25) is 9.10 Å². The van der Waals surface area contributed by atoms with Gasteiger partial charge < -0.3 is 10.8 Å². The molecule has 1 atom stereocenters. The summed E-state index contributed by atoms with van der Waals surface area (Å²) in [6.45, 7) is -0.0403. The number of carbonyl (C=O) groups is 1. The van der Waals surface area contributed by atoms with Crippen LogP contribution < -0.4 is 10.0 Å². The highest BCUT2D eigenvalue weighted by Crippen LogP contribution is 2.22. The summed E-state index contributed by atoms with van der Waals surface area (Å²) in [5, 5.41) is 9.00. The monoisotopic (exact) mass is 272 g/mol. The maximum Gasteiger partial charge on any atom is 0.312 e. The molecular weight excluding hydrogens is 256 g/mol. The first-order valence-electron chi connectivity index (χ1n) is 5.24. The van der Waals surface area contributed by atoms with Gasteiger partial charge in [-0.1, -0.05) is 12.1 Å². The highest BCUT2D eigenvalue weighted by atomic mass is 32.2. The third kappa shape index (κ3) is 3.21. The lowest BCUT2D eigenvalue weighted by Gasteiger charge is -2.18. The Morgan fingerprint density at radius 3 is 2.56 bits per heavy atom. The zero-order valence-electron chi connectivity index (χ0n) is 10.2. The van der Waals surface area contributed by atoms with Gasteiger partial charge in [0.25, 0.3) is 0 Å². The quantitative estimate of drug-likeness (QED) is 0.798. The van der Waals surface area contributed by atoms with Gasteiger partial charge in [0.2, 0.25) is 10.0 Å². The number of benzene rings is 1. The molecule has 0 aliphatic rings. The van der Waals surface area contributed by atoms with Crippen molar-refractivity contribution in [3.63, 3.8) is 0 Å². The van der Waals surface area contributed by atoms with E-state index in [-0.39, 0.29) is 6.54 Å². The largest absolute Gasteiger partial charge is 0.481 e. The second-order valence-corrected chi connectivity index (χ2v) is 5.97. The van der Waals surface area contributed by atoms with Crippen molar-refractivity contribution >= 4 is 21.7 Å². The molecule has 0 aliphatic heterocycles. The lowest BCUT2D eigenvalue weighted by atomic mass is 9.99. The summed E-state index contributed by atoms with van der Waals surface area (Å²) in [5.74, 6) is -1.87. The fourth-order valence-electron chi connectivity index (χ4n) is 1.51. The minimum absolute atomic E-state index is 0.0403. The van der Waals surface area contributed by atoms with Crippen molar-refractivity contribution in [2.24, 2.45) is 5.73 Å². The molecule has 1 aromatic carbocycles. The van der Waals surface area contributed by atoms with Gasteiger partial charge in [-0.05, 0) is 17.7 Å². The van der Waals surface area contributed by atoms with Crippen molar-refractivity contribution in [1.82, 2.24) is 0 Å². The summed E-state index contributed by atoms with van der Waals surface area (Å²) in [6, 6.07) is 6.34. The van der Waals surface area contributed by atoms with Crippen LogP contribution in [0.3, 0.4) is 0 Å². The van der Waals surface area contributed by atoms with Gasteiger partial charge in [0.15, 0.2) is 0 Å². The lowest BCUT2D eigenvalue weighted by Crippen LogP contribution is -2.26. The SMILES string of the molecule is CN(c1cccc(C(CN)C(=O)O)c1)S(C)(=O)=O. The molecule has 0 bridgehead atoms. The van der Waals surface area contributed by atoms with E-state index < -0.39 is 21.9 Å². The smallest absolute Gasteiger partial charge is 0.312 e. The van der Waals surface area contributed by atoms with Crippen molar-refractivity contribution in [2.45, 2.75) is 5.92 Å². The number of carboxylic acid groups (broad SMARTS) is 1. The van der Waals surface area contributed by atoms with Crippen molar-refractivity contribution in [3.8, 4) is 0 Å². The Morgan fingerprint density at radius 1 is 1.50 bits per heavy atom. The van der Waals surface area contributed by atoms with Crippen molar-refractivity contribution in [2.75, 3.05) is 24.2 Å². The fraction of sp³-hybridized carbons (Fsp3) is 0.364. The van der Waals surface area contributed by atoms with Gasteiger partial charge in [-0.15, -0.1) is 0 Å². The van der Waals surface area contributed by atoms with Crippen LogP contribution in [0.4, 0.5) is 5.69 Å². The van der Waals surface area contributed by atoms with Gasteiger partial charge >= 0.3 is 5.97 Å². The Morgan fingerprint density at radius 2 is 2.11 bits per heavy atom. The van der Waals surface area contributed by atoms with Gasteiger partial charge in [0.05, 0.1) is 17.9 Å². The first-order chi connectivity index (χ1) is 8.27. The summed E-state index contributed by atoms with van der Waals surface area (Å²) < 4.78 is 23.9. The number of rotatable bonds is 5. The van der Waals surface area contributed by atoms with E-state index in [1.807, 2.05) is 0 Å². The van der Waals surface area contributed by atoms with Gasteiger partial charge in [0.1, 0.15) is 0 Å². The summed E-state index contributed by atoms with van der Waals surface area (Å²) in [5.41, 5.74) is 6.30. The third-order valence-corrected chi connectivity index (χ3v) is 3.87. The zero-order chi connectivity index (χ0) is 13.9. The Labute approximate surface area is 106 Å². The number of sulfonamides is 1. The van der Waals surface area contributed by atoms with Crippen LogP contribution in [0.2, 0.25) is 0 Å². The molecule has 3 N–H and O–H groups in total. The molecule has 1 rings (SSSR count). The van der Waals surface area contributed by atoms with E-state index >= 15 is 0 Å². The molecule has 0 spiro atoms. The second kappa shape index (κ2) is 5.36. The molecule has 0 saturated heterocycles. The molecule has 6 nitrogen and oxygen atoms in total. The lowest BCUT2D eigenvalue weighted by molar-refractivity contribution is -0.138. The minimum atomic E-state index is -3.37. The number of nitrogens with two attached hydrogens (primary N) is 1. The average molecular weight is 272 g/mol. The summed E-state index contributed by atoms with van der Waals surface area (Å²) in [7, 11) is -1.96. The third-order valence-electron chi connectivity index (χ3n) is 2.67. The van der Waals surface area contributed by atoms with Crippen LogP contribution in [-0.4, -0.2) is 39.3 Å². The normalized spacial score (nSPS) is 13.1. The van der Waals surface area contributed by atoms with Crippen LogP contribution >= 0.6 is 0 Å². The zero-order valence-corrected chi connectivity index (χ0v) is 11.0. The molecule has 0 amide bonds. The van der Waals surface area contributed by atoms with Crippen LogP contribution in [0.25, 0.3) is 0 Å². The number of hydrogen-bond donors (Lipinski definition) is 2. The van der Waals surface area contributed by atoms with Crippen molar-refractivity contribution in [3.05, 3.63) is 29.8 Å². The standard InChI is InChI=1S/C11H16N2O4S/c1-13(18(2,16)17)9-5-3-4-8(6-9)10(7-12)11(14)15/h3-6,10H,7,12H2,1-2H3,(H,14,15). The first kappa shape index (κ1) is 14.5. The van der Waals surface area contributed by atoms with E-state index in [0.29, 0.717) is 11.3 Å². The van der Waals surface area contributed by atoms with Gasteiger partial charge in [-0.25, -0.2) is 8.42 Å². The molecule has 0 heterocycles. The Hall–Kier alpha value is -1.60. The van der Waals surface area contributed by atoms with Crippen LogP contribution in [-0.2, 0) is 14.8 Å². The summed E-state index contributed by atoms with van der Waals surface area (Å²) >= 11 is 0. The van der Waals surface area contributed by atoms with E-state index in [2.05, 4.69) is 0 Å². The second-order valence-electron chi connectivity index (χ2n) is 3.95. The number of anilines is 1. The predicted octanol–water partition coefficient (Wildman–Crippen LogP) is 0.209. The number of aliphatic carboxylic acids is 1. The maximum atomic E-state index is 11.4. The van der Waals surface area contributed by atoms with Crippen LogP contribution in [0.1, 0.15) is 11.5 Å². The number of carboxylic acids is 1. The predicted molar refractivity (Wildman–Crippen MR) is 69.1 cm³/mol. The molecular formula is C11H16N2O4S. The molecule has 100 valence electrons. The average Bonchev–Trinajstić information content (AvgIpc) is 2.27. The van der Waals surface area contributed by atoms with E-state index in [1.165, 1.54) is 13.1 Å². The molecule has 7 heteroatoms. The van der Waals surface area contributed by atoms with Crippen LogP contribution in [0, 0.1) is 0 Å². The van der Waals surface area contributed by atoms with Crippen LogP contribution in [0.15, 0.2) is 24.3 Å². The molecule has 1 aromatic rings. The highest BCUT2D eigenvalue weighted by molar-refractivity contribution is 7.92. The Balaban J connectivity index is 3.17. The van der Waals surface area contributed by atoms with E-state index in [1.54, 1.807) is 18.2 Å². The fourth-order valence-corrected chi connectivity index (χ4v) is 2.00. The molecule has 0 aromatic heterocycles. The summed E-state index contributed by atoms with van der Waals surface area (Å²) in [6.07, 6.45) is 1.08. The minimum Gasteiger partial charge on any atom is -0.481 e. The topological polar surface area (TPSA) is 101 Å². The van der Waals surface area contributed by atoms with Gasteiger partial charge in [0, 0.05) is 13.6 Å². The Kier molecular flexibility index (Phi) is 4.31. The molecule has 0 fully saturated rings. The molecule has 0 radical (unpaired) electrons. The molecule has 0 saturated carbocycles. The number of nitrogens with zero attached hydrogens (tertiary/aromatic N) is 1. The van der Waals surface area contributed by atoms with E-state index in [9.17, 15) is 13.2 Å². The molecule has 1 unspecified atom stereocenters. The van der Waals surface area contributed by atoms with Gasteiger partial charge in [-0.2, -0.15) is 0 Å². The molecule has 18 heavy (non-hydrogen) atoms. The van der Waals surface area contributed by atoms with Crippen molar-refractivity contribution < 1.29 is 18.3 Å². The van der Waals surface area contributed by atoms with E-state index in [4.69, 9.17) is 10.8 Å². The first-order valence-corrected chi connectivity index (χ1v) is 7.09. The van der Waals surface area contributed by atoms with Crippen molar-refractivity contribution in [1.29, 1.82) is 0 Å². The number of hydrogen-bond acceptors (Lipinski definition) is 4. The maximum absolute atomic E-state index is 11.4. The molecule has 0 aliphatic carbocycles. The highest BCUT2D eigenvalue weighted by Gasteiger charge is 2.19. The summed E-state index contributed by atoms with van der Waals surface area (Å²) in [4.78, 5) is 11.0.